The molecule has 2 aliphatic carbocycles. The summed E-state index contributed by atoms with van der Waals surface area (Å²) < 4.78 is 0. The number of rotatable bonds is 12. The van der Waals surface area contributed by atoms with Crippen LogP contribution < -0.4 is 0 Å². The van der Waals surface area contributed by atoms with E-state index in [0.29, 0.717) is 0 Å². The highest BCUT2D eigenvalue weighted by molar-refractivity contribution is 7.09. The second-order valence-electron chi connectivity index (χ2n) is 13.9. The molecule has 0 aromatic heterocycles. The predicted molar refractivity (Wildman–Crippen MR) is 200 cm³/mol. The zero-order valence-corrected chi connectivity index (χ0v) is 29.7. The first kappa shape index (κ1) is 31.6. The van der Waals surface area contributed by atoms with Crippen LogP contribution in [0.5, 0.6) is 0 Å². The van der Waals surface area contributed by atoms with E-state index in [0.717, 1.165) is 25.7 Å². The normalized spacial score (nSPS) is 14.4. The highest BCUT2D eigenvalue weighted by Gasteiger charge is 2.43. The van der Waals surface area contributed by atoms with Gasteiger partial charge in [0.15, 0.2) is 0 Å². The van der Waals surface area contributed by atoms with Gasteiger partial charge in [-0.15, -0.1) is 0 Å². The Morgan fingerprint density at radius 2 is 0.911 bits per heavy atom. The Balaban J connectivity index is 1.47. The molecule has 0 unspecified atom stereocenters. The molecule has 232 valence electrons. The summed E-state index contributed by atoms with van der Waals surface area (Å²) in [6, 6.07) is 33.2. The predicted octanol–water partition coefficient (Wildman–Crippen LogP) is 12.6. The molecule has 0 saturated heterocycles. The summed E-state index contributed by atoms with van der Waals surface area (Å²) in [6.45, 7) is 14.7. The van der Waals surface area contributed by atoms with Gasteiger partial charge in [0, 0.05) is 0 Å². The fraction of sp³-hybridized carbons (Fsp3) is 0.364. The number of benzene rings is 4. The van der Waals surface area contributed by atoms with Crippen LogP contribution in [-0.2, 0) is 25.7 Å². The second-order valence-corrected chi connectivity index (χ2v) is 18.2. The van der Waals surface area contributed by atoms with Crippen molar-refractivity contribution in [3.8, 4) is 22.3 Å². The Labute approximate surface area is 274 Å². The monoisotopic (exact) mass is 608 g/mol. The third-order valence-electron chi connectivity index (χ3n) is 10.6. The van der Waals surface area contributed by atoms with Gasteiger partial charge in [0.2, 0.25) is 0 Å². The first-order valence-corrected chi connectivity index (χ1v) is 20.8. The van der Waals surface area contributed by atoms with Gasteiger partial charge in [0.1, 0.15) is 8.07 Å². The van der Waals surface area contributed by atoms with E-state index in [2.05, 4.69) is 126 Å². The number of fused-ring (bicyclic) bond motifs is 2. The van der Waals surface area contributed by atoms with Crippen molar-refractivity contribution >= 4 is 18.5 Å². The SMILES string of the molecule is CCCCc1ccc(-c2cccc3c2C([Si](C)(C)C2=C(CC)Cc4cccc(-c5ccc(CCCC)cc5)c42)=C(CC)C3)cc1. The Bertz CT molecular complexity index is 1600. The molecule has 0 N–H and O–H groups in total. The van der Waals surface area contributed by atoms with E-state index in [1.54, 1.807) is 32.7 Å². The van der Waals surface area contributed by atoms with Crippen molar-refractivity contribution in [2.75, 3.05) is 0 Å². The Morgan fingerprint density at radius 3 is 1.27 bits per heavy atom. The summed E-state index contributed by atoms with van der Waals surface area (Å²) >= 11 is 0. The van der Waals surface area contributed by atoms with Gasteiger partial charge in [-0.1, -0.05) is 150 Å². The molecule has 4 aromatic carbocycles. The molecule has 0 saturated carbocycles. The zero-order valence-electron chi connectivity index (χ0n) is 28.7. The van der Waals surface area contributed by atoms with Crippen molar-refractivity contribution in [2.24, 2.45) is 0 Å². The van der Waals surface area contributed by atoms with E-state index in [9.17, 15) is 0 Å². The molecule has 0 heterocycles. The lowest BCUT2D eigenvalue weighted by Crippen LogP contribution is -2.32. The van der Waals surface area contributed by atoms with Crippen molar-refractivity contribution in [1.29, 1.82) is 0 Å². The Kier molecular flexibility index (Phi) is 9.48. The number of hydrogen-bond donors (Lipinski definition) is 0. The minimum Gasteiger partial charge on any atom is -0.0658 e. The summed E-state index contributed by atoms with van der Waals surface area (Å²) in [5.41, 5.74) is 18.0. The fourth-order valence-electron chi connectivity index (χ4n) is 8.26. The van der Waals surface area contributed by atoms with Crippen LogP contribution in [0.4, 0.5) is 0 Å². The van der Waals surface area contributed by atoms with E-state index < -0.39 is 8.07 Å². The average Bonchev–Trinajstić information content (AvgIpc) is 3.66. The van der Waals surface area contributed by atoms with Crippen molar-refractivity contribution in [3.05, 3.63) is 129 Å². The van der Waals surface area contributed by atoms with Crippen molar-refractivity contribution in [2.45, 2.75) is 105 Å². The quantitative estimate of drug-likeness (QED) is 0.140. The van der Waals surface area contributed by atoms with Crippen molar-refractivity contribution < 1.29 is 0 Å². The molecule has 0 radical (unpaired) electrons. The van der Waals surface area contributed by atoms with E-state index in [-0.39, 0.29) is 0 Å². The molecule has 45 heavy (non-hydrogen) atoms. The number of aryl methyl sites for hydroxylation is 2. The second kappa shape index (κ2) is 13.5. The lowest BCUT2D eigenvalue weighted by atomic mass is 9.95. The smallest absolute Gasteiger partial charge is 0.0658 e. The Hall–Kier alpha value is -3.42. The van der Waals surface area contributed by atoms with Gasteiger partial charge in [0.05, 0.1) is 0 Å². The van der Waals surface area contributed by atoms with Crippen molar-refractivity contribution in [3.63, 3.8) is 0 Å². The maximum Gasteiger partial charge on any atom is 0.113 e. The van der Waals surface area contributed by atoms with Gasteiger partial charge >= 0.3 is 0 Å². The highest BCUT2D eigenvalue weighted by atomic mass is 28.3. The molecule has 2 aliphatic rings. The topological polar surface area (TPSA) is 0 Å². The van der Waals surface area contributed by atoms with Crippen LogP contribution >= 0.6 is 0 Å². The van der Waals surface area contributed by atoms with E-state index in [1.165, 1.54) is 83.0 Å². The molecular formula is C44H52Si. The lowest BCUT2D eigenvalue weighted by Gasteiger charge is -2.32. The summed E-state index contributed by atoms with van der Waals surface area (Å²) in [6.07, 6.45) is 11.8. The van der Waals surface area contributed by atoms with Gasteiger partial charge < -0.3 is 0 Å². The minimum atomic E-state index is -2.13. The number of unbranched alkanes of at least 4 members (excludes halogenated alkanes) is 2. The molecule has 0 fully saturated rings. The largest absolute Gasteiger partial charge is 0.113 e. The Morgan fingerprint density at radius 1 is 0.511 bits per heavy atom. The van der Waals surface area contributed by atoms with Crippen LogP contribution in [0.15, 0.2) is 96.1 Å². The first-order chi connectivity index (χ1) is 21.9. The van der Waals surface area contributed by atoms with Gasteiger partial charge in [-0.05, 0) is 117 Å². The van der Waals surface area contributed by atoms with Crippen LogP contribution in [0.2, 0.25) is 13.1 Å². The fourth-order valence-corrected chi connectivity index (χ4v) is 12.6. The minimum absolute atomic E-state index is 1.10. The van der Waals surface area contributed by atoms with Crippen molar-refractivity contribution in [1.82, 2.24) is 0 Å². The standard InChI is InChI=1S/C44H52Si/c1-7-11-15-31-21-25-35(26-22-31)39-19-13-17-37-29-33(9-3)43(41(37)39)45(5,6)44-34(10-4)30-38-18-14-20-40(42(38)44)36-27-23-32(24-28-36)16-12-8-2/h13-14,17-28H,7-12,15-16,29-30H2,1-6H3. The van der Waals surface area contributed by atoms with Crippen LogP contribution in [0.1, 0.15) is 99.6 Å². The maximum absolute atomic E-state index is 2.67. The molecule has 1 heteroatoms. The van der Waals surface area contributed by atoms with Crippen LogP contribution in [-0.4, -0.2) is 8.07 Å². The molecule has 0 aliphatic heterocycles. The summed E-state index contributed by atoms with van der Waals surface area (Å²) in [5, 5.41) is 3.42. The first-order valence-electron chi connectivity index (χ1n) is 17.8. The molecule has 0 nitrogen and oxygen atoms in total. The summed E-state index contributed by atoms with van der Waals surface area (Å²) in [7, 11) is -2.13. The van der Waals surface area contributed by atoms with E-state index in [4.69, 9.17) is 0 Å². The third kappa shape index (κ3) is 5.97. The van der Waals surface area contributed by atoms with Gasteiger partial charge in [-0.2, -0.15) is 0 Å². The molecule has 0 amide bonds. The van der Waals surface area contributed by atoms with Gasteiger partial charge in [-0.3, -0.25) is 0 Å². The van der Waals surface area contributed by atoms with E-state index >= 15 is 0 Å². The molecule has 4 aromatic rings. The van der Waals surface area contributed by atoms with E-state index in [1.807, 2.05) is 0 Å². The van der Waals surface area contributed by atoms with Gasteiger partial charge in [0.25, 0.3) is 0 Å². The molecular weight excluding hydrogens is 557 g/mol. The summed E-state index contributed by atoms with van der Waals surface area (Å²) in [4.78, 5) is 0. The molecule has 0 spiro atoms. The molecule has 0 bridgehead atoms. The van der Waals surface area contributed by atoms with Crippen LogP contribution in [0, 0.1) is 0 Å². The highest BCUT2D eigenvalue weighted by Crippen LogP contribution is 2.53. The number of hydrogen-bond acceptors (Lipinski definition) is 0. The van der Waals surface area contributed by atoms with Crippen LogP contribution in [0.25, 0.3) is 32.6 Å². The molecule has 0 atom stereocenters. The lowest BCUT2D eigenvalue weighted by molar-refractivity contribution is 0.795. The van der Waals surface area contributed by atoms with Gasteiger partial charge in [-0.25, -0.2) is 0 Å². The zero-order chi connectivity index (χ0) is 31.6. The van der Waals surface area contributed by atoms with Crippen LogP contribution in [0.3, 0.4) is 0 Å². The maximum atomic E-state index is 2.67. The number of allylic oxidation sites excluding steroid dienone is 2. The molecule has 6 rings (SSSR count). The average molecular weight is 609 g/mol. The summed E-state index contributed by atoms with van der Waals surface area (Å²) in [5.74, 6) is 0. The third-order valence-corrected chi connectivity index (χ3v) is 14.3.